The molecule has 1 saturated carbocycles. The first-order valence-electron chi connectivity index (χ1n) is 6.11. The van der Waals surface area contributed by atoms with Crippen molar-refractivity contribution < 1.29 is 4.74 Å². The van der Waals surface area contributed by atoms with Crippen LogP contribution in [0.25, 0.3) is 0 Å². The second kappa shape index (κ2) is 7.24. The van der Waals surface area contributed by atoms with E-state index >= 15 is 0 Å². The summed E-state index contributed by atoms with van der Waals surface area (Å²) in [4.78, 5) is 0. The van der Waals surface area contributed by atoms with Gasteiger partial charge >= 0.3 is 0 Å². The molecule has 0 spiro atoms. The molecule has 1 atom stereocenters. The Kier molecular flexibility index (Phi) is 6.20. The second-order valence-corrected chi connectivity index (χ2v) is 4.43. The van der Waals surface area contributed by atoms with Gasteiger partial charge in [-0.1, -0.05) is 32.6 Å². The van der Waals surface area contributed by atoms with Gasteiger partial charge in [0, 0.05) is 12.6 Å². The van der Waals surface area contributed by atoms with Gasteiger partial charge in [0.05, 0.1) is 6.61 Å². The Balaban J connectivity index is 1.89. The summed E-state index contributed by atoms with van der Waals surface area (Å²) >= 11 is 0. The molecule has 14 heavy (non-hydrogen) atoms. The molecule has 0 amide bonds. The molecule has 2 heteroatoms. The van der Waals surface area contributed by atoms with E-state index in [0.29, 0.717) is 6.04 Å². The van der Waals surface area contributed by atoms with E-state index in [2.05, 4.69) is 12.2 Å². The first-order chi connectivity index (χ1) is 6.86. The zero-order valence-electron chi connectivity index (χ0n) is 9.72. The standard InChI is InChI=1S/C12H25NO/c1-3-5-12(13-2)10-14-9-8-11-6-4-7-11/h11-13H,3-10H2,1-2H3. The molecule has 1 aliphatic carbocycles. The fraction of sp³-hybridized carbons (Fsp3) is 1.00. The maximum atomic E-state index is 5.68. The topological polar surface area (TPSA) is 21.3 Å². The molecule has 1 aliphatic rings. The van der Waals surface area contributed by atoms with Crippen molar-refractivity contribution in [3.63, 3.8) is 0 Å². The Morgan fingerprint density at radius 1 is 1.43 bits per heavy atom. The molecule has 1 fully saturated rings. The monoisotopic (exact) mass is 199 g/mol. The Morgan fingerprint density at radius 2 is 2.21 bits per heavy atom. The van der Waals surface area contributed by atoms with Gasteiger partial charge in [-0.25, -0.2) is 0 Å². The van der Waals surface area contributed by atoms with Crippen LogP contribution in [0.15, 0.2) is 0 Å². The van der Waals surface area contributed by atoms with Gasteiger partial charge in [-0.2, -0.15) is 0 Å². The number of likely N-dealkylation sites (N-methyl/N-ethyl adjacent to an activating group) is 1. The third-order valence-electron chi connectivity index (χ3n) is 3.26. The van der Waals surface area contributed by atoms with Crippen LogP contribution in [0, 0.1) is 5.92 Å². The van der Waals surface area contributed by atoms with Crippen molar-refractivity contribution in [2.45, 2.75) is 51.5 Å². The number of hydrogen-bond acceptors (Lipinski definition) is 2. The van der Waals surface area contributed by atoms with Crippen molar-refractivity contribution in [1.82, 2.24) is 5.32 Å². The first kappa shape index (κ1) is 12.0. The van der Waals surface area contributed by atoms with Crippen LogP contribution in [0.2, 0.25) is 0 Å². The highest BCUT2D eigenvalue weighted by molar-refractivity contribution is 4.69. The predicted octanol–water partition coefficient (Wildman–Crippen LogP) is 2.58. The number of ether oxygens (including phenoxy) is 1. The van der Waals surface area contributed by atoms with E-state index in [1.165, 1.54) is 38.5 Å². The minimum atomic E-state index is 0.557. The van der Waals surface area contributed by atoms with Gasteiger partial charge in [0.2, 0.25) is 0 Å². The summed E-state index contributed by atoms with van der Waals surface area (Å²) in [6, 6.07) is 0.557. The molecule has 0 aromatic rings. The third kappa shape index (κ3) is 4.43. The highest BCUT2D eigenvalue weighted by Crippen LogP contribution is 2.29. The highest BCUT2D eigenvalue weighted by atomic mass is 16.5. The summed E-state index contributed by atoms with van der Waals surface area (Å²) in [6.07, 6.45) is 8.06. The molecule has 0 bridgehead atoms. The quantitative estimate of drug-likeness (QED) is 0.607. The SMILES string of the molecule is CCCC(COCCC1CCC1)NC. The molecule has 0 aromatic heterocycles. The van der Waals surface area contributed by atoms with Gasteiger partial charge in [-0.15, -0.1) is 0 Å². The Hall–Kier alpha value is -0.0800. The first-order valence-corrected chi connectivity index (χ1v) is 6.11. The normalized spacial score (nSPS) is 19.3. The van der Waals surface area contributed by atoms with Crippen LogP contribution >= 0.6 is 0 Å². The molecule has 0 radical (unpaired) electrons. The molecule has 84 valence electrons. The van der Waals surface area contributed by atoms with Gasteiger partial charge in [-0.05, 0) is 25.8 Å². The van der Waals surface area contributed by atoms with Gasteiger partial charge < -0.3 is 10.1 Å². The fourth-order valence-corrected chi connectivity index (χ4v) is 1.92. The van der Waals surface area contributed by atoms with Crippen LogP contribution in [-0.4, -0.2) is 26.3 Å². The summed E-state index contributed by atoms with van der Waals surface area (Å²) in [6.45, 7) is 4.07. The van der Waals surface area contributed by atoms with Crippen molar-refractivity contribution >= 4 is 0 Å². The summed E-state index contributed by atoms with van der Waals surface area (Å²) in [5.74, 6) is 0.981. The van der Waals surface area contributed by atoms with E-state index in [4.69, 9.17) is 4.74 Å². The molecule has 2 nitrogen and oxygen atoms in total. The predicted molar refractivity (Wildman–Crippen MR) is 60.5 cm³/mol. The minimum Gasteiger partial charge on any atom is -0.380 e. The number of rotatable bonds is 8. The largest absolute Gasteiger partial charge is 0.380 e. The van der Waals surface area contributed by atoms with Crippen molar-refractivity contribution in [3.05, 3.63) is 0 Å². The summed E-state index contributed by atoms with van der Waals surface area (Å²) in [5, 5.41) is 3.29. The van der Waals surface area contributed by atoms with Crippen molar-refractivity contribution in [3.8, 4) is 0 Å². The minimum absolute atomic E-state index is 0.557. The molecule has 0 heterocycles. The van der Waals surface area contributed by atoms with Crippen LogP contribution < -0.4 is 5.32 Å². The van der Waals surface area contributed by atoms with Crippen molar-refractivity contribution in [2.24, 2.45) is 5.92 Å². The molecule has 1 rings (SSSR count). The smallest absolute Gasteiger partial charge is 0.0619 e. The van der Waals surface area contributed by atoms with Crippen LogP contribution in [-0.2, 0) is 4.74 Å². The van der Waals surface area contributed by atoms with Gasteiger partial charge in [0.1, 0.15) is 0 Å². The Morgan fingerprint density at radius 3 is 2.71 bits per heavy atom. The molecule has 0 aliphatic heterocycles. The van der Waals surface area contributed by atoms with Crippen LogP contribution in [0.5, 0.6) is 0 Å². The van der Waals surface area contributed by atoms with Gasteiger partial charge in [-0.3, -0.25) is 0 Å². The lowest BCUT2D eigenvalue weighted by Gasteiger charge is -2.25. The van der Waals surface area contributed by atoms with E-state index in [9.17, 15) is 0 Å². The summed E-state index contributed by atoms with van der Waals surface area (Å²) in [5.41, 5.74) is 0. The van der Waals surface area contributed by atoms with E-state index in [1.54, 1.807) is 0 Å². The van der Waals surface area contributed by atoms with Crippen LogP contribution in [0.4, 0.5) is 0 Å². The second-order valence-electron chi connectivity index (χ2n) is 4.43. The van der Waals surface area contributed by atoms with Crippen molar-refractivity contribution in [1.29, 1.82) is 0 Å². The molecule has 1 unspecified atom stereocenters. The van der Waals surface area contributed by atoms with Gasteiger partial charge in [0.25, 0.3) is 0 Å². The van der Waals surface area contributed by atoms with Crippen LogP contribution in [0.3, 0.4) is 0 Å². The van der Waals surface area contributed by atoms with E-state index in [1.807, 2.05) is 7.05 Å². The third-order valence-corrected chi connectivity index (χ3v) is 3.26. The number of nitrogens with one attached hydrogen (secondary N) is 1. The zero-order valence-corrected chi connectivity index (χ0v) is 9.72. The lowest BCUT2D eigenvalue weighted by molar-refractivity contribution is 0.0885. The molecule has 0 saturated heterocycles. The summed E-state index contributed by atoms with van der Waals surface area (Å²) in [7, 11) is 2.02. The van der Waals surface area contributed by atoms with E-state index in [0.717, 1.165) is 19.1 Å². The number of hydrogen-bond donors (Lipinski definition) is 1. The Bertz CT molecular complexity index is 134. The maximum Gasteiger partial charge on any atom is 0.0619 e. The fourth-order valence-electron chi connectivity index (χ4n) is 1.92. The molecule has 0 aromatic carbocycles. The lowest BCUT2D eigenvalue weighted by atomic mass is 9.83. The Labute approximate surface area is 88.4 Å². The average Bonchev–Trinajstić information content (AvgIpc) is 2.13. The summed E-state index contributed by atoms with van der Waals surface area (Å²) < 4.78 is 5.68. The molecular weight excluding hydrogens is 174 g/mol. The average molecular weight is 199 g/mol. The zero-order chi connectivity index (χ0) is 10.2. The van der Waals surface area contributed by atoms with Crippen molar-refractivity contribution in [2.75, 3.05) is 20.3 Å². The lowest BCUT2D eigenvalue weighted by Crippen LogP contribution is -2.30. The maximum absolute atomic E-state index is 5.68. The van der Waals surface area contributed by atoms with E-state index in [-0.39, 0.29) is 0 Å². The van der Waals surface area contributed by atoms with Crippen LogP contribution in [0.1, 0.15) is 45.4 Å². The molecule has 1 N–H and O–H groups in total. The highest BCUT2D eigenvalue weighted by Gasteiger charge is 2.16. The molecular formula is C12H25NO. The van der Waals surface area contributed by atoms with E-state index < -0.39 is 0 Å². The van der Waals surface area contributed by atoms with Gasteiger partial charge in [0.15, 0.2) is 0 Å².